The van der Waals surface area contributed by atoms with Gasteiger partial charge in [0, 0.05) is 15.5 Å². The van der Waals surface area contributed by atoms with Crippen molar-refractivity contribution in [2.45, 2.75) is 39.7 Å². The largest absolute Gasteiger partial charge is 0.396 e. The third kappa shape index (κ3) is 6.64. The van der Waals surface area contributed by atoms with Crippen molar-refractivity contribution in [3.63, 3.8) is 0 Å². The van der Waals surface area contributed by atoms with Gasteiger partial charge in [-0.2, -0.15) is 0 Å². The number of aliphatic imine (C=N–C) groups is 1. The molecule has 0 aliphatic carbocycles. The molecular formula is C16H26Cl2IN3O. The second-order valence-electron chi connectivity index (χ2n) is 5.60. The fourth-order valence-electron chi connectivity index (χ4n) is 2.20. The Balaban J connectivity index is 0.00000484. The lowest BCUT2D eigenvalue weighted by Crippen LogP contribution is -2.36. The molecular weight excluding hydrogens is 448 g/mol. The second kappa shape index (κ2) is 10.6. The summed E-state index contributed by atoms with van der Waals surface area (Å²) in [5.74, 6) is 0.346. The number of nitrogens with one attached hydrogen (secondary N) is 1. The van der Waals surface area contributed by atoms with E-state index in [0.717, 1.165) is 18.4 Å². The normalized spacial score (nSPS) is 13.4. The van der Waals surface area contributed by atoms with E-state index >= 15 is 0 Å². The van der Waals surface area contributed by atoms with Crippen molar-refractivity contribution in [1.29, 1.82) is 0 Å². The zero-order valence-corrected chi connectivity index (χ0v) is 17.6. The number of nitrogens with zero attached hydrogens (tertiary/aromatic N) is 1. The van der Waals surface area contributed by atoms with Gasteiger partial charge in [-0.3, -0.25) is 4.99 Å². The lowest BCUT2D eigenvalue weighted by molar-refractivity contribution is 0.123. The number of hydrogen-bond donors (Lipinski definition) is 3. The van der Waals surface area contributed by atoms with Gasteiger partial charge >= 0.3 is 0 Å². The molecule has 132 valence electrons. The van der Waals surface area contributed by atoms with E-state index in [9.17, 15) is 5.11 Å². The molecule has 4 N–H and O–H groups in total. The van der Waals surface area contributed by atoms with Gasteiger partial charge in [-0.1, -0.05) is 43.1 Å². The van der Waals surface area contributed by atoms with E-state index in [0.29, 0.717) is 22.5 Å². The van der Waals surface area contributed by atoms with E-state index < -0.39 is 0 Å². The SMILES string of the molecule is CCC(CC)(CO)CN=C(N)NC(C)c1ccc(Cl)cc1Cl.I. The van der Waals surface area contributed by atoms with Gasteiger partial charge in [-0.25, -0.2) is 0 Å². The molecule has 1 atom stereocenters. The van der Waals surface area contributed by atoms with Gasteiger partial charge in [0.1, 0.15) is 0 Å². The lowest BCUT2D eigenvalue weighted by atomic mass is 9.83. The number of guanidine groups is 1. The van der Waals surface area contributed by atoms with Crippen LogP contribution in [-0.4, -0.2) is 24.2 Å². The Labute approximate surface area is 165 Å². The number of aliphatic hydroxyl groups excluding tert-OH is 1. The average Bonchev–Trinajstić information content (AvgIpc) is 2.49. The van der Waals surface area contributed by atoms with Gasteiger partial charge in [0.05, 0.1) is 19.2 Å². The minimum atomic E-state index is -0.201. The maximum Gasteiger partial charge on any atom is 0.189 e. The molecule has 0 saturated carbocycles. The number of hydrogen-bond acceptors (Lipinski definition) is 2. The first-order valence-corrected chi connectivity index (χ1v) is 8.25. The molecule has 0 aliphatic rings. The molecule has 0 aliphatic heterocycles. The highest BCUT2D eigenvalue weighted by molar-refractivity contribution is 14.0. The molecule has 0 aromatic heterocycles. The van der Waals surface area contributed by atoms with Crippen LogP contribution in [0.3, 0.4) is 0 Å². The van der Waals surface area contributed by atoms with Gasteiger partial charge in [0.2, 0.25) is 0 Å². The molecule has 0 amide bonds. The third-order valence-corrected chi connectivity index (χ3v) is 4.78. The summed E-state index contributed by atoms with van der Waals surface area (Å²) < 4.78 is 0. The molecule has 0 fully saturated rings. The van der Waals surface area contributed by atoms with Gasteiger partial charge in [-0.05, 0) is 37.5 Å². The van der Waals surface area contributed by atoms with Gasteiger partial charge in [0.25, 0.3) is 0 Å². The smallest absolute Gasteiger partial charge is 0.189 e. The predicted octanol–water partition coefficient (Wildman–Crippen LogP) is 4.38. The zero-order valence-electron chi connectivity index (χ0n) is 13.8. The summed E-state index contributed by atoms with van der Waals surface area (Å²) in [5.41, 5.74) is 6.66. The molecule has 4 nitrogen and oxygen atoms in total. The molecule has 0 spiro atoms. The van der Waals surface area contributed by atoms with Crippen LogP contribution >= 0.6 is 47.2 Å². The Bertz CT molecular complexity index is 514. The fourth-order valence-corrected chi connectivity index (χ4v) is 2.77. The third-order valence-electron chi connectivity index (χ3n) is 4.21. The summed E-state index contributed by atoms with van der Waals surface area (Å²) in [7, 11) is 0. The van der Waals surface area contributed by atoms with Crippen molar-refractivity contribution in [1.82, 2.24) is 5.32 Å². The van der Waals surface area contributed by atoms with Gasteiger partial charge in [0.15, 0.2) is 5.96 Å². The highest BCUT2D eigenvalue weighted by atomic mass is 127. The molecule has 1 aromatic rings. The molecule has 0 heterocycles. The number of rotatable bonds is 7. The fraction of sp³-hybridized carbons (Fsp3) is 0.562. The van der Waals surface area contributed by atoms with Crippen LogP contribution < -0.4 is 11.1 Å². The summed E-state index contributed by atoms with van der Waals surface area (Å²) in [5, 5.41) is 13.9. The Morgan fingerprint density at radius 2 is 1.96 bits per heavy atom. The average molecular weight is 474 g/mol. The first-order chi connectivity index (χ1) is 10.4. The van der Waals surface area contributed by atoms with Gasteiger partial charge in [-0.15, -0.1) is 24.0 Å². The molecule has 0 bridgehead atoms. The van der Waals surface area contributed by atoms with Crippen LogP contribution in [0.15, 0.2) is 23.2 Å². The summed E-state index contributed by atoms with van der Waals surface area (Å²) in [6.45, 7) is 6.66. The van der Waals surface area contributed by atoms with E-state index in [4.69, 9.17) is 28.9 Å². The van der Waals surface area contributed by atoms with Crippen molar-refractivity contribution >= 4 is 53.1 Å². The van der Waals surface area contributed by atoms with E-state index in [1.54, 1.807) is 12.1 Å². The summed E-state index contributed by atoms with van der Waals surface area (Å²) >= 11 is 12.1. The first-order valence-electron chi connectivity index (χ1n) is 7.49. The topological polar surface area (TPSA) is 70.6 Å². The lowest BCUT2D eigenvalue weighted by Gasteiger charge is -2.27. The standard InChI is InChI=1S/C16H25Cl2N3O.HI/c1-4-16(5-2,10-22)9-20-15(19)21-11(3)13-7-6-12(17)8-14(13)18;/h6-8,11,22H,4-5,9-10H2,1-3H3,(H3,19,20,21);1H. The summed E-state index contributed by atoms with van der Waals surface area (Å²) in [4.78, 5) is 4.38. The Morgan fingerprint density at radius 1 is 1.35 bits per heavy atom. The molecule has 1 unspecified atom stereocenters. The van der Waals surface area contributed by atoms with Crippen LogP contribution in [0, 0.1) is 5.41 Å². The Hall–Kier alpha value is -0.240. The van der Waals surface area contributed by atoms with Crippen molar-refractivity contribution in [2.75, 3.05) is 13.2 Å². The summed E-state index contributed by atoms with van der Waals surface area (Å²) in [6, 6.07) is 5.28. The quantitative estimate of drug-likeness (QED) is 0.312. The summed E-state index contributed by atoms with van der Waals surface area (Å²) in [6.07, 6.45) is 1.71. The van der Waals surface area contributed by atoms with Crippen LogP contribution in [0.25, 0.3) is 0 Å². The van der Waals surface area contributed by atoms with Crippen molar-refractivity contribution in [3.8, 4) is 0 Å². The molecule has 1 rings (SSSR count). The highest BCUT2D eigenvalue weighted by Gasteiger charge is 2.25. The van der Waals surface area contributed by atoms with Crippen molar-refractivity contribution in [2.24, 2.45) is 16.1 Å². The highest BCUT2D eigenvalue weighted by Crippen LogP contribution is 2.27. The van der Waals surface area contributed by atoms with Crippen LogP contribution in [0.2, 0.25) is 10.0 Å². The van der Waals surface area contributed by atoms with E-state index in [1.807, 2.05) is 13.0 Å². The first kappa shape index (κ1) is 22.8. The number of benzene rings is 1. The predicted molar refractivity (Wildman–Crippen MR) is 110 cm³/mol. The number of aliphatic hydroxyl groups is 1. The monoisotopic (exact) mass is 473 g/mol. The van der Waals surface area contributed by atoms with Crippen LogP contribution in [-0.2, 0) is 0 Å². The minimum absolute atomic E-state index is 0. The zero-order chi connectivity index (χ0) is 16.8. The van der Waals surface area contributed by atoms with Crippen molar-refractivity contribution < 1.29 is 5.11 Å². The van der Waals surface area contributed by atoms with Crippen LogP contribution in [0.5, 0.6) is 0 Å². The number of nitrogens with two attached hydrogens (primary N) is 1. The molecule has 0 radical (unpaired) electrons. The molecule has 0 saturated heterocycles. The van der Waals surface area contributed by atoms with E-state index in [2.05, 4.69) is 24.2 Å². The number of halogens is 3. The van der Waals surface area contributed by atoms with Gasteiger partial charge < -0.3 is 16.2 Å². The minimum Gasteiger partial charge on any atom is -0.396 e. The van der Waals surface area contributed by atoms with Crippen molar-refractivity contribution in [3.05, 3.63) is 33.8 Å². The molecule has 1 aromatic carbocycles. The Kier molecular flexibility index (Phi) is 10.5. The maximum atomic E-state index is 9.55. The molecule has 23 heavy (non-hydrogen) atoms. The van der Waals surface area contributed by atoms with Crippen LogP contribution in [0.1, 0.15) is 45.2 Å². The Morgan fingerprint density at radius 3 is 2.43 bits per heavy atom. The second-order valence-corrected chi connectivity index (χ2v) is 6.44. The van der Waals surface area contributed by atoms with Crippen LogP contribution in [0.4, 0.5) is 0 Å². The van der Waals surface area contributed by atoms with E-state index in [1.165, 1.54) is 0 Å². The maximum absolute atomic E-state index is 9.55. The molecule has 7 heteroatoms. The van der Waals surface area contributed by atoms with E-state index in [-0.39, 0.29) is 42.0 Å².